The lowest BCUT2D eigenvalue weighted by Crippen LogP contribution is -2.14. The van der Waals surface area contributed by atoms with Crippen molar-refractivity contribution >= 4 is 45.2 Å². The third-order valence-corrected chi connectivity index (χ3v) is 4.48. The van der Waals surface area contributed by atoms with Crippen LogP contribution in [0.25, 0.3) is 6.08 Å². The molecule has 4 nitrogen and oxygen atoms in total. The Labute approximate surface area is 155 Å². The van der Waals surface area contributed by atoms with Gasteiger partial charge in [0.1, 0.15) is 0 Å². The number of benzene rings is 2. The molecule has 2 aromatic carbocycles. The van der Waals surface area contributed by atoms with E-state index in [2.05, 4.69) is 26.6 Å². The first-order chi connectivity index (χ1) is 12.0. The molecule has 0 aliphatic heterocycles. The first-order valence-electron chi connectivity index (χ1n) is 8.17. The summed E-state index contributed by atoms with van der Waals surface area (Å²) in [6.07, 6.45) is 5.17. The van der Waals surface area contributed by atoms with Crippen LogP contribution in [0.15, 0.2) is 53.0 Å². The number of aryl methyl sites for hydroxylation is 1. The Hall–Kier alpha value is -2.40. The van der Waals surface area contributed by atoms with E-state index in [1.165, 1.54) is 6.08 Å². The molecule has 128 valence electrons. The highest BCUT2D eigenvalue weighted by Crippen LogP contribution is 2.30. The zero-order valence-corrected chi connectivity index (χ0v) is 15.5. The molecular formula is C20H19BrN2O2. The highest BCUT2D eigenvalue weighted by atomic mass is 79.9. The maximum atomic E-state index is 12.2. The molecule has 0 unspecified atom stereocenters. The van der Waals surface area contributed by atoms with Crippen molar-refractivity contribution in [3.8, 4) is 0 Å². The van der Waals surface area contributed by atoms with Crippen LogP contribution in [0.5, 0.6) is 0 Å². The van der Waals surface area contributed by atoms with Gasteiger partial charge in [0, 0.05) is 27.8 Å². The summed E-state index contributed by atoms with van der Waals surface area (Å²) in [5.41, 5.74) is 3.27. The average molecular weight is 399 g/mol. The normalized spacial score (nSPS) is 13.7. The maximum Gasteiger partial charge on any atom is 0.248 e. The first kappa shape index (κ1) is 17.4. The third-order valence-electron chi connectivity index (χ3n) is 3.99. The van der Waals surface area contributed by atoms with Crippen LogP contribution >= 0.6 is 15.9 Å². The van der Waals surface area contributed by atoms with Gasteiger partial charge in [0.15, 0.2) is 0 Å². The summed E-state index contributed by atoms with van der Waals surface area (Å²) < 4.78 is 0.963. The molecule has 0 aromatic heterocycles. The third kappa shape index (κ3) is 5.03. The van der Waals surface area contributed by atoms with Crippen molar-refractivity contribution in [3.05, 3.63) is 64.1 Å². The Balaban J connectivity index is 1.66. The summed E-state index contributed by atoms with van der Waals surface area (Å²) in [5, 5.41) is 5.76. The zero-order valence-electron chi connectivity index (χ0n) is 13.9. The van der Waals surface area contributed by atoms with Crippen molar-refractivity contribution in [1.29, 1.82) is 0 Å². The molecule has 0 atom stereocenters. The number of hydrogen-bond donors (Lipinski definition) is 2. The minimum atomic E-state index is -0.214. The summed E-state index contributed by atoms with van der Waals surface area (Å²) in [5.74, 6) is -0.0168. The Morgan fingerprint density at radius 2 is 1.92 bits per heavy atom. The molecule has 3 rings (SSSR count). The zero-order chi connectivity index (χ0) is 17.8. The van der Waals surface area contributed by atoms with Crippen molar-refractivity contribution in [2.24, 2.45) is 5.92 Å². The molecular weight excluding hydrogens is 380 g/mol. The molecule has 25 heavy (non-hydrogen) atoms. The SMILES string of the molecule is Cc1ccc(NC(=O)C2CC2)cc1NC(=O)/C=C/c1cccc(Br)c1. The Bertz CT molecular complexity index is 841. The summed E-state index contributed by atoms with van der Waals surface area (Å²) >= 11 is 3.41. The minimum Gasteiger partial charge on any atom is -0.326 e. The van der Waals surface area contributed by atoms with E-state index in [0.717, 1.165) is 28.4 Å². The second-order valence-electron chi connectivity index (χ2n) is 6.17. The number of nitrogens with one attached hydrogen (secondary N) is 2. The highest BCUT2D eigenvalue weighted by molar-refractivity contribution is 9.10. The molecule has 0 spiro atoms. The van der Waals surface area contributed by atoms with E-state index < -0.39 is 0 Å². The number of rotatable bonds is 5. The Morgan fingerprint density at radius 3 is 2.64 bits per heavy atom. The standard InChI is InChI=1S/C20H19BrN2O2/c1-13-5-9-17(22-20(25)15-7-8-15)12-18(13)23-19(24)10-6-14-3-2-4-16(21)11-14/h2-6,9-12,15H,7-8H2,1H3,(H,22,25)(H,23,24)/b10-6+. The molecule has 0 bridgehead atoms. The number of hydrogen-bond acceptors (Lipinski definition) is 2. The van der Waals surface area contributed by atoms with Crippen LogP contribution in [0.3, 0.4) is 0 Å². The predicted molar refractivity (Wildman–Crippen MR) is 104 cm³/mol. The van der Waals surface area contributed by atoms with Gasteiger partial charge in [-0.3, -0.25) is 9.59 Å². The topological polar surface area (TPSA) is 58.2 Å². The van der Waals surface area contributed by atoms with Crippen LogP contribution in [0.4, 0.5) is 11.4 Å². The van der Waals surface area contributed by atoms with Crippen LogP contribution in [-0.2, 0) is 9.59 Å². The van der Waals surface area contributed by atoms with E-state index in [0.29, 0.717) is 11.4 Å². The molecule has 1 fully saturated rings. The lowest BCUT2D eigenvalue weighted by molar-refractivity contribution is -0.117. The molecule has 0 radical (unpaired) electrons. The van der Waals surface area contributed by atoms with Crippen LogP contribution in [0.1, 0.15) is 24.0 Å². The van der Waals surface area contributed by atoms with E-state index in [1.807, 2.05) is 43.3 Å². The lowest BCUT2D eigenvalue weighted by Gasteiger charge is -2.10. The fourth-order valence-electron chi connectivity index (χ4n) is 2.38. The largest absolute Gasteiger partial charge is 0.326 e. The van der Waals surface area contributed by atoms with Gasteiger partial charge in [-0.15, -0.1) is 0 Å². The summed E-state index contributed by atoms with van der Waals surface area (Å²) in [7, 11) is 0. The van der Waals surface area contributed by atoms with E-state index in [-0.39, 0.29) is 17.7 Å². The van der Waals surface area contributed by atoms with Gasteiger partial charge in [-0.05, 0) is 61.2 Å². The summed E-state index contributed by atoms with van der Waals surface area (Å²) in [6, 6.07) is 13.2. The number of anilines is 2. The molecule has 2 N–H and O–H groups in total. The lowest BCUT2D eigenvalue weighted by atomic mass is 10.1. The second-order valence-corrected chi connectivity index (χ2v) is 7.09. The van der Waals surface area contributed by atoms with Gasteiger partial charge in [0.25, 0.3) is 0 Å². The van der Waals surface area contributed by atoms with E-state index in [4.69, 9.17) is 0 Å². The summed E-state index contributed by atoms with van der Waals surface area (Å²) in [4.78, 5) is 24.0. The first-order valence-corrected chi connectivity index (χ1v) is 8.97. The van der Waals surface area contributed by atoms with Gasteiger partial charge in [0.05, 0.1) is 0 Å². The molecule has 2 amide bonds. The van der Waals surface area contributed by atoms with Gasteiger partial charge in [-0.1, -0.05) is 34.1 Å². The van der Waals surface area contributed by atoms with Gasteiger partial charge in [-0.25, -0.2) is 0 Å². The molecule has 0 heterocycles. The molecule has 5 heteroatoms. The van der Waals surface area contributed by atoms with Crippen molar-refractivity contribution in [3.63, 3.8) is 0 Å². The average Bonchev–Trinajstić information content (AvgIpc) is 3.41. The smallest absolute Gasteiger partial charge is 0.248 e. The number of amides is 2. The van der Waals surface area contributed by atoms with Gasteiger partial charge in [0.2, 0.25) is 11.8 Å². The van der Waals surface area contributed by atoms with Crippen molar-refractivity contribution in [1.82, 2.24) is 0 Å². The van der Waals surface area contributed by atoms with Gasteiger partial charge < -0.3 is 10.6 Å². The molecule has 2 aromatic rings. The van der Waals surface area contributed by atoms with Gasteiger partial charge in [-0.2, -0.15) is 0 Å². The van der Waals surface area contributed by atoms with E-state index >= 15 is 0 Å². The molecule has 1 saturated carbocycles. The van der Waals surface area contributed by atoms with Crippen molar-refractivity contribution in [2.45, 2.75) is 19.8 Å². The quantitative estimate of drug-likeness (QED) is 0.713. The molecule has 0 saturated heterocycles. The van der Waals surface area contributed by atoms with E-state index in [1.54, 1.807) is 12.1 Å². The molecule has 1 aliphatic rings. The van der Waals surface area contributed by atoms with Crippen LogP contribution in [0, 0.1) is 12.8 Å². The fraction of sp³-hybridized carbons (Fsp3) is 0.200. The van der Waals surface area contributed by atoms with Crippen LogP contribution in [0.2, 0.25) is 0 Å². The van der Waals surface area contributed by atoms with Crippen LogP contribution < -0.4 is 10.6 Å². The predicted octanol–water partition coefficient (Wildman–Crippen LogP) is 4.76. The fourth-order valence-corrected chi connectivity index (χ4v) is 2.80. The highest BCUT2D eigenvalue weighted by Gasteiger charge is 2.29. The van der Waals surface area contributed by atoms with E-state index in [9.17, 15) is 9.59 Å². The van der Waals surface area contributed by atoms with Crippen LogP contribution in [-0.4, -0.2) is 11.8 Å². The second kappa shape index (κ2) is 7.66. The molecule has 1 aliphatic carbocycles. The van der Waals surface area contributed by atoms with Gasteiger partial charge >= 0.3 is 0 Å². The maximum absolute atomic E-state index is 12.2. The number of halogens is 1. The van der Waals surface area contributed by atoms with Crippen molar-refractivity contribution < 1.29 is 9.59 Å². The Kier molecular flexibility index (Phi) is 5.34. The Morgan fingerprint density at radius 1 is 1.12 bits per heavy atom. The minimum absolute atomic E-state index is 0.0516. The number of carbonyl (C=O) groups excluding carboxylic acids is 2. The monoisotopic (exact) mass is 398 g/mol. The van der Waals surface area contributed by atoms with Crippen molar-refractivity contribution in [2.75, 3.05) is 10.6 Å². The summed E-state index contributed by atoms with van der Waals surface area (Å²) in [6.45, 7) is 1.92. The number of carbonyl (C=O) groups is 2.